The van der Waals surface area contributed by atoms with E-state index in [1.165, 1.54) is 6.20 Å². The zero-order valence-corrected chi connectivity index (χ0v) is 11.2. The lowest BCUT2D eigenvalue weighted by atomic mass is 10.1. The van der Waals surface area contributed by atoms with Crippen molar-refractivity contribution in [1.29, 1.82) is 5.26 Å². The third-order valence-corrected chi connectivity index (χ3v) is 3.21. The fourth-order valence-electron chi connectivity index (χ4n) is 2.12. The molecule has 0 aliphatic heterocycles. The number of carbonyl (C=O) groups excluding carboxylic acids is 1. The predicted octanol–water partition coefficient (Wildman–Crippen LogP) is 0.896. The lowest BCUT2D eigenvalue weighted by molar-refractivity contribution is -0.120. The maximum absolute atomic E-state index is 11.3. The number of nitriles is 1. The van der Waals surface area contributed by atoms with Crippen LogP contribution in [0.25, 0.3) is 5.65 Å². The first-order valence-electron chi connectivity index (χ1n) is 6.03. The van der Waals surface area contributed by atoms with Gasteiger partial charge in [-0.1, -0.05) is 0 Å². The van der Waals surface area contributed by atoms with E-state index in [0.29, 0.717) is 24.1 Å². The second kappa shape index (κ2) is 5.06. The second-order valence-corrected chi connectivity index (χ2v) is 4.34. The van der Waals surface area contributed by atoms with Crippen LogP contribution in [0.5, 0.6) is 0 Å². The summed E-state index contributed by atoms with van der Waals surface area (Å²) in [7, 11) is 1.62. The Bertz CT molecular complexity index is 680. The van der Waals surface area contributed by atoms with E-state index in [4.69, 9.17) is 5.26 Å². The highest BCUT2D eigenvalue weighted by atomic mass is 16.1. The van der Waals surface area contributed by atoms with Crippen molar-refractivity contribution in [2.24, 2.45) is 0 Å². The number of aryl methyl sites for hydroxylation is 2. The van der Waals surface area contributed by atoms with Crippen molar-refractivity contribution in [3.8, 4) is 6.07 Å². The molecular weight excluding hydrogens is 242 g/mol. The van der Waals surface area contributed by atoms with Gasteiger partial charge in [-0.15, -0.1) is 0 Å². The van der Waals surface area contributed by atoms with Crippen molar-refractivity contribution < 1.29 is 4.79 Å². The van der Waals surface area contributed by atoms with E-state index in [2.05, 4.69) is 21.5 Å². The Kier molecular flexibility index (Phi) is 3.47. The first-order chi connectivity index (χ1) is 9.08. The minimum absolute atomic E-state index is 0.00271. The third kappa shape index (κ3) is 2.27. The molecule has 0 bridgehead atoms. The summed E-state index contributed by atoms with van der Waals surface area (Å²) < 4.78 is 1.66. The van der Waals surface area contributed by atoms with E-state index in [9.17, 15) is 4.79 Å². The largest absolute Gasteiger partial charge is 0.359 e. The molecule has 98 valence electrons. The van der Waals surface area contributed by atoms with Crippen molar-refractivity contribution >= 4 is 11.6 Å². The molecule has 6 nitrogen and oxygen atoms in total. The van der Waals surface area contributed by atoms with Crippen LogP contribution in [-0.4, -0.2) is 27.6 Å². The molecule has 6 heteroatoms. The van der Waals surface area contributed by atoms with Crippen molar-refractivity contribution in [2.45, 2.75) is 26.7 Å². The van der Waals surface area contributed by atoms with E-state index in [0.717, 1.165) is 17.0 Å². The molecule has 0 saturated heterocycles. The average molecular weight is 257 g/mol. The molecule has 2 rings (SSSR count). The maximum Gasteiger partial charge on any atom is 0.220 e. The summed E-state index contributed by atoms with van der Waals surface area (Å²) in [5.41, 5.74) is 3.80. The number of nitrogens with zero attached hydrogens (tertiary/aromatic N) is 4. The molecule has 0 aliphatic carbocycles. The van der Waals surface area contributed by atoms with Gasteiger partial charge in [-0.2, -0.15) is 10.4 Å². The number of hydrogen-bond acceptors (Lipinski definition) is 4. The molecule has 0 atom stereocenters. The lowest BCUT2D eigenvalue weighted by Crippen LogP contribution is -2.19. The van der Waals surface area contributed by atoms with Gasteiger partial charge in [-0.25, -0.2) is 9.50 Å². The molecule has 1 amide bonds. The summed E-state index contributed by atoms with van der Waals surface area (Å²) >= 11 is 0. The van der Waals surface area contributed by atoms with Crippen LogP contribution < -0.4 is 5.32 Å². The van der Waals surface area contributed by atoms with Crippen LogP contribution >= 0.6 is 0 Å². The van der Waals surface area contributed by atoms with E-state index in [1.807, 2.05) is 13.8 Å². The molecule has 1 N–H and O–H groups in total. The summed E-state index contributed by atoms with van der Waals surface area (Å²) in [4.78, 5) is 15.7. The van der Waals surface area contributed by atoms with Crippen molar-refractivity contribution in [3.63, 3.8) is 0 Å². The Hall–Kier alpha value is -2.42. The molecule has 0 fully saturated rings. The van der Waals surface area contributed by atoms with Crippen LogP contribution in [0.3, 0.4) is 0 Å². The minimum Gasteiger partial charge on any atom is -0.359 e. The fourth-order valence-corrected chi connectivity index (χ4v) is 2.12. The summed E-state index contributed by atoms with van der Waals surface area (Å²) in [5.74, 6) is -0.00271. The number of nitrogens with one attached hydrogen (secondary N) is 1. The Morgan fingerprint density at radius 1 is 1.53 bits per heavy atom. The smallest absolute Gasteiger partial charge is 0.220 e. The number of fused-ring (bicyclic) bond motifs is 1. The monoisotopic (exact) mass is 257 g/mol. The van der Waals surface area contributed by atoms with Gasteiger partial charge in [-0.3, -0.25) is 4.79 Å². The Morgan fingerprint density at radius 3 is 2.89 bits per heavy atom. The molecular formula is C13H15N5O. The quantitative estimate of drug-likeness (QED) is 0.885. The molecule has 2 heterocycles. The maximum atomic E-state index is 11.3. The van der Waals surface area contributed by atoms with Gasteiger partial charge in [0.25, 0.3) is 0 Å². The SMILES string of the molecule is CNC(=O)CCc1c(C)nc2c(C#N)cnn2c1C. The van der Waals surface area contributed by atoms with Gasteiger partial charge in [0.05, 0.1) is 6.20 Å². The highest BCUT2D eigenvalue weighted by Crippen LogP contribution is 2.18. The summed E-state index contributed by atoms with van der Waals surface area (Å²) in [6.45, 7) is 3.81. The van der Waals surface area contributed by atoms with Gasteiger partial charge in [0, 0.05) is 24.9 Å². The molecule has 2 aromatic rings. The van der Waals surface area contributed by atoms with Crippen molar-refractivity contribution in [3.05, 3.63) is 28.7 Å². The Morgan fingerprint density at radius 2 is 2.26 bits per heavy atom. The molecule has 0 spiro atoms. The number of aromatic nitrogens is 3. The van der Waals surface area contributed by atoms with Crippen molar-refractivity contribution in [1.82, 2.24) is 19.9 Å². The molecule has 0 aromatic carbocycles. The summed E-state index contributed by atoms with van der Waals surface area (Å²) in [6, 6.07) is 2.07. The summed E-state index contributed by atoms with van der Waals surface area (Å²) in [5, 5.41) is 15.8. The Labute approximate surface area is 111 Å². The number of hydrogen-bond donors (Lipinski definition) is 1. The fraction of sp³-hybridized carbons (Fsp3) is 0.385. The minimum atomic E-state index is -0.00271. The normalized spacial score (nSPS) is 10.4. The standard InChI is InChI=1S/C13H15N5O/c1-8-11(4-5-12(19)15-3)9(2)18-13(17-8)10(6-14)7-16-18/h7H,4-5H2,1-3H3,(H,15,19). The predicted molar refractivity (Wildman–Crippen MR) is 69.6 cm³/mol. The van der Waals surface area contributed by atoms with Crippen LogP contribution in [0.1, 0.15) is 28.9 Å². The first kappa shape index (κ1) is 13.0. The third-order valence-electron chi connectivity index (χ3n) is 3.21. The molecule has 0 unspecified atom stereocenters. The molecule has 2 aromatic heterocycles. The average Bonchev–Trinajstić information content (AvgIpc) is 2.81. The number of carbonyl (C=O) groups is 1. The molecule has 19 heavy (non-hydrogen) atoms. The lowest BCUT2D eigenvalue weighted by Gasteiger charge is -2.10. The van der Waals surface area contributed by atoms with Crippen LogP contribution in [0.15, 0.2) is 6.20 Å². The molecule has 0 saturated carbocycles. The number of amides is 1. The highest BCUT2D eigenvalue weighted by molar-refractivity contribution is 5.75. The van der Waals surface area contributed by atoms with Crippen LogP contribution in [0.2, 0.25) is 0 Å². The summed E-state index contributed by atoms with van der Waals surface area (Å²) in [6.07, 6.45) is 2.54. The van der Waals surface area contributed by atoms with E-state index in [-0.39, 0.29) is 5.91 Å². The van der Waals surface area contributed by atoms with Gasteiger partial charge in [0.2, 0.25) is 5.91 Å². The van der Waals surface area contributed by atoms with Gasteiger partial charge in [0.1, 0.15) is 11.6 Å². The second-order valence-electron chi connectivity index (χ2n) is 4.34. The highest BCUT2D eigenvalue weighted by Gasteiger charge is 2.14. The Balaban J connectivity index is 2.46. The molecule has 0 radical (unpaired) electrons. The van der Waals surface area contributed by atoms with Gasteiger partial charge >= 0.3 is 0 Å². The van der Waals surface area contributed by atoms with E-state index < -0.39 is 0 Å². The van der Waals surface area contributed by atoms with Gasteiger partial charge in [-0.05, 0) is 25.8 Å². The van der Waals surface area contributed by atoms with Crippen LogP contribution in [-0.2, 0) is 11.2 Å². The number of rotatable bonds is 3. The molecule has 0 aliphatic rings. The van der Waals surface area contributed by atoms with Crippen LogP contribution in [0, 0.1) is 25.2 Å². The topological polar surface area (TPSA) is 83.1 Å². The zero-order valence-electron chi connectivity index (χ0n) is 11.2. The zero-order chi connectivity index (χ0) is 14.0. The van der Waals surface area contributed by atoms with Crippen LogP contribution in [0.4, 0.5) is 0 Å². The van der Waals surface area contributed by atoms with Crippen molar-refractivity contribution in [2.75, 3.05) is 7.05 Å². The first-order valence-corrected chi connectivity index (χ1v) is 6.03. The van der Waals surface area contributed by atoms with Gasteiger partial charge in [0.15, 0.2) is 5.65 Å². The van der Waals surface area contributed by atoms with E-state index in [1.54, 1.807) is 11.6 Å². The van der Waals surface area contributed by atoms with Gasteiger partial charge < -0.3 is 5.32 Å². The van der Waals surface area contributed by atoms with E-state index >= 15 is 0 Å².